The van der Waals surface area contributed by atoms with Crippen molar-refractivity contribution in [2.24, 2.45) is 0 Å². The number of amides is 2. The van der Waals surface area contributed by atoms with Crippen molar-refractivity contribution in [2.75, 3.05) is 6.61 Å². The van der Waals surface area contributed by atoms with E-state index in [1.807, 2.05) is 0 Å². The van der Waals surface area contributed by atoms with Gasteiger partial charge in [0.25, 0.3) is 11.8 Å². The topological polar surface area (TPSA) is 96.9 Å². The number of carbonyl (C=O) groups is 2. The number of ether oxygens (including phenoxy) is 2. The second-order valence-corrected chi connectivity index (χ2v) is 10.5. The van der Waals surface area contributed by atoms with Crippen LogP contribution in [0.25, 0.3) is 0 Å². The molecule has 3 saturated carbocycles. The van der Waals surface area contributed by atoms with Crippen molar-refractivity contribution in [3.8, 4) is 11.5 Å². The molecular weight excluding hydrogens is 486 g/mol. The van der Waals surface area contributed by atoms with E-state index in [9.17, 15) is 19.1 Å². The first-order valence-corrected chi connectivity index (χ1v) is 11.6. The molecule has 3 fully saturated rings. The van der Waals surface area contributed by atoms with Gasteiger partial charge in [0.05, 0.1) is 11.1 Å². The molecule has 7 nitrogen and oxygen atoms in total. The third kappa shape index (κ3) is 4.08. The highest BCUT2D eigenvalue weighted by Gasteiger charge is 2.70. The van der Waals surface area contributed by atoms with Crippen molar-refractivity contribution in [2.45, 2.75) is 55.4 Å². The highest BCUT2D eigenvalue weighted by Crippen LogP contribution is 2.60. The molecule has 3 aliphatic carbocycles. The molecular formula is C24H23Cl2FN2O5. The van der Waals surface area contributed by atoms with Gasteiger partial charge in [0, 0.05) is 34.2 Å². The number of nitrogens with one attached hydrogen (secondary N) is 2. The molecule has 0 radical (unpaired) electrons. The van der Waals surface area contributed by atoms with E-state index in [0.717, 1.165) is 6.07 Å². The van der Waals surface area contributed by atoms with Crippen LogP contribution in [0.4, 0.5) is 4.39 Å². The summed E-state index contributed by atoms with van der Waals surface area (Å²) < 4.78 is 24.8. The normalized spacial score (nSPS) is 30.7. The molecule has 0 unspecified atom stereocenters. The van der Waals surface area contributed by atoms with Crippen LogP contribution < -0.4 is 20.1 Å². The van der Waals surface area contributed by atoms with Crippen LogP contribution in [0, 0.1) is 5.82 Å². The summed E-state index contributed by atoms with van der Waals surface area (Å²) in [4.78, 5) is 25.4. The van der Waals surface area contributed by atoms with E-state index >= 15 is 0 Å². The van der Waals surface area contributed by atoms with Gasteiger partial charge in [-0.1, -0.05) is 23.2 Å². The van der Waals surface area contributed by atoms with Crippen LogP contribution in [0.1, 0.15) is 44.3 Å². The highest BCUT2D eigenvalue weighted by molar-refractivity contribution is 6.31. The maximum absolute atomic E-state index is 13.5. The Morgan fingerprint density at radius 1 is 1.15 bits per heavy atom. The zero-order chi connectivity index (χ0) is 24.3. The summed E-state index contributed by atoms with van der Waals surface area (Å²) in [6.07, 6.45) is 1.02. The maximum Gasteiger partial charge on any atom is 0.264 e. The Labute approximate surface area is 205 Å². The fourth-order valence-corrected chi connectivity index (χ4v) is 5.55. The third-order valence-electron chi connectivity index (χ3n) is 6.80. The smallest absolute Gasteiger partial charge is 0.264 e. The van der Waals surface area contributed by atoms with Crippen LogP contribution >= 0.6 is 23.2 Å². The van der Waals surface area contributed by atoms with Crippen LogP contribution in [0.2, 0.25) is 10.0 Å². The number of benzene rings is 2. The van der Waals surface area contributed by atoms with E-state index in [2.05, 4.69) is 10.6 Å². The van der Waals surface area contributed by atoms with Gasteiger partial charge in [-0.3, -0.25) is 9.59 Å². The van der Waals surface area contributed by atoms with Crippen LogP contribution in [0.5, 0.6) is 11.5 Å². The van der Waals surface area contributed by atoms with E-state index in [1.165, 1.54) is 12.1 Å². The van der Waals surface area contributed by atoms with Crippen LogP contribution in [0.3, 0.4) is 0 Å². The molecule has 2 atom stereocenters. The van der Waals surface area contributed by atoms with Gasteiger partial charge in [-0.05, 0) is 56.5 Å². The van der Waals surface area contributed by atoms with Gasteiger partial charge in [-0.25, -0.2) is 4.39 Å². The minimum atomic E-state index is -1.23. The fraction of sp³-hybridized carbons (Fsp3) is 0.417. The summed E-state index contributed by atoms with van der Waals surface area (Å²) in [5.41, 5.74) is -1.44. The molecule has 1 aliphatic heterocycles. The van der Waals surface area contributed by atoms with Crippen molar-refractivity contribution in [1.29, 1.82) is 0 Å². The van der Waals surface area contributed by atoms with Crippen LogP contribution in [-0.2, 0) is 9.59 Å². The molecule has 180 valence electrons. The Bertz CT molecular complexity index is 1170. The first-order valence-electron chi connectivity index (χ1n) is 10.9. The quantitative estimate of drug-likeness (QED) is 0.552. The number of fused-ring (bicyclic) bond motifs is 1. The molecule has 2 aromatic rings. The minimum absolute atomic E-state index is 0.0198. The SMILES string of the molecule is C[C@]1(C(=O)NC23CC(NC(=O)COc4ccc(Cl)c(F)c4)(C2)C3)C[C@H](O)c2cc(Cl)ccc2O1. The van der Waals surface area contributed by atoms with E-state index in [4.69, 9.17) is 32.7 Å². The maximum atomic E-state index is 13.5. The molecule has 0 saturated heterocycles. The van der Waals surface area contributed by atoms with Crippen molar-refractivity contribution in [3.63, 3.8) is 0 Å². The molecule has 4 aliphatic rings. The van der Waals surface area contributed by atoms with Gasteiger partial charge in [0.2, 0.25) is 0 Å². The summed E-state index contributed by atoms with van der Waals surface area (Å²) in [6, 6.07) is 8.91. The largest absolute Gasteiger partial charge is 0.484 e. The molecule has 2 aromatic carbocycles. The zero-order valence-electron chi connectivity index (χ0n) is 18.3. The number of hydrogen-bond acceptors (Lipinski definition) is 5. The standard InChI is InChI=1S/C24H23Cl2FN2O5/c1-22(8-18(30)15-6-13(25)2-5-19(15)34-22)21(32)29-24-10-23(11-24,12-24)28-20(31)9-33-14-3-4-16(26)17(27)7-14/h2-7,18,30H,8-12H2,1H3,(H,28,31)(H,29,32)/t18-,22+,23?,24?/m0/s1. The van der Waals surface area contributed by atoms with Gasteiger partial charge in [0.15, 0.2) is 12.2 Å². The Morgan fingerprint density at radius 2 is 1.85 bits per heavy atom. The lowest BCUT2D eigenvalue weighted by molar-refractivity contribution is -0.161. The van der Waals surface area contributed by atoms with E-state index in [1.54, 1.807) is 25.1 Å². The predicted octanol–water partition coefficient (Wildman–Crippen LogP) is 3.69. The summed E-state index contributed by atoms with van der Waals surface area (Å²) in [5.74, 6) is -0.601. The summed E-state index contributed by atoms with van der Waals surface area (Å²) in [5, 5.41) is 17.0. The lowest BCUT2D eigenvalue weighted by Gasteiger charge is -2.70. The second-order valence-electron chi connectivity index (χ2n) is 9.69. The van der Waals surface area contributed by atoms with Crippen molar-refractivity contribution in [3.05, 3.63) is 57.8 Å². The Balaban J connectivity index is 1.13. The Morgan fingerprint density at radius 3 is 2.56 bits per heavy atom. The first kappa shape index (κ1) is 23.2. The first-order chi connectivity index (χ1) is 16.0. The number of aliphatic hydroxyl groups excluding tert-OH is 1. The summed E-state index contributed by atoms with van der Waals surface area (Å²) >= 11 is 11.6. The highest BCUT2D eigenvalue weighted by atomic mass is 35.5. The van der Waals surface area contributed by atoms with Gasteiger partial charge in [0.1, 0.15) is 17.3 Å². The summed E-state index contributed by atoms with van der Waals surface area (Å²) in [7, 11) is 0. The Hall–Kier alpha value is -2.55. The number of hydrogen-bond donors (Lipinski definition) is 3. The fourth-order valence-electron chi connectivity index (χ4n) is 5.25. The molecule has 0 spiro atoms. The van der Waals surface area contributed by atoms with Crippen molar-refractivity contribution < 1.29 is 28.6 Å². The molecule has 2 amide bonds. The number of rotatable bonds is 6. The number of carbonyl (C=O) groups excluding carboxylic acids is 2. The molecule has 10 heteroatoms. The predicted molar refractivity (Wildman–Crippen MR) is 123 cm³/mol. The average molecular weight is 509 g/mol. The van der Waals surface area contributed by atoms with E-state index in [0.29, 0.717) is 35.6 Å². The molecule has 6 rings (SSSR count). The summed E-state index contributed by atoms with van der Waals surface area (Å²) in [6.45, 7) is 1.40. The van der Waals surface area contributed by atoms with Gasteiger partial charge >= 0.3 is 0 Å². The lowest BCUT2D eigenvalue weighted by Crippen LogP contribution is -2.84. The lowest BCUT2D eigenvalue weighted by atomic mass is 9.44. The zero-order valence-corrected chi connectivity index (χ0v) is 19.8. The van der Waals surface area contributed by atoms with Crippen LogP contribution in [0.15, 0.2) is 36.4 Å². The van der Waals surface area contributed by atoms with Gasteiger partial charge in [-0.2, -0.15) is 0 Å². The number of aliphatic hydroxyl groups is 1. The molecule has 2 bridgehead atoms. The average Bonchev–Trinajstić information content (AvgIpc) is 2.72. The van der Waals surface area contributed by atoms with Crippen LogP contribution in [-0.4, -0.2) is 40.2 Å². The van der Waals surface area contributed by atoms with E-state index in [-0.39, 0.29) is 41.2 Å². The molecule has 3 N–H and O–H groups in total. The van der Waals surface area contributed by atoms with E-state index < -0.39 is 23.1 Å². The van der Waals surface area contributed by atoms with Crippen molar-refractivity contribution >= 4 is 35.0 Å². The van der Waals surface area contributed by atoms with Crippen molar-refractivity contribution in [1.82, 2.24) is 10.6 Å². The molecule has 34 heavy (non-hydrogen) atoms. The third-order valence-corrected chi connectivity index (χ3v) is 7.35. The van der Waals surface area contributed by atoms with Gasteiger partial charge in [-0.15, -0.1) is 0 Å². The Kier molecular flexibility index (Phi) is 5.46. The van der Waals surface area contributed by atoms with Gasteiger partial charge < -0.3 is 25.2 Å². The minimum Gasteiger partial charge on any atom is -0.484 e. The monoisotopic (exact) mass is 508 g/mol. The second kappa shape index (κ2) is 8.00. The molecule has 0 aromatic heterocycles. The number of halogens is 3. The molecule has 1 heterocycles.